The first kappa shape index (κ1) is 93.4. The highest BCUT2D eigenvalue weighted by Gasteiger charge is 2.62. The first-order valence-corrected chi connectivity index (χ1v) is 39.8. The number of hydrogen-bond donors (Lipinski definition) is 16. The minimum atomic E-state index is -3.26. The summed E-state index contributed by atoms with van der Waals surface area (Å²) in [4.78, 5) is 52.2. The van der Waals surface area contributed by atoms with Crippen LogP contribution in [0, 0.1) is 5.92 Å². The summed E-state index contributed by atoms with van der Waals surface area (Å²) in [6.07, 6.45) is 6.16. The monoisotopic (exact) mass is 1490 g/mol. The van der Waals surface area contributed by atoms with Gasteiger partial charge in [0.2, 0.25) is 11.8 Å². The third-order valence-corrected chi connectivity index (χ3v) is 20.8. The maximum Gasteiger partial charge on any atom is 0.364 e. The number of carboxylic acids is 1. The topological polar surface area (TPSA) is 449 Å². The number of amides is 2. The van der Waals surface area contributed by atoms with Gasteiger partial charge in [0.05, 0.1) is 63.4 Å². The Morgan fingerprint density at radius 3 is 1.46 bits per heavy atom. The smallest absolute Gasteiger partial charge is 0.364 e. The van der Waals surface area contributed by atoms with Crippen molar-refractivity contribution in [2.24, 2.45) is 5.92 Å². The number of carboxylic acid groups (broad SMARTS) is 1. The van der Waals surface area contributed by atoms with Gasteiger partial charge in [-0.1, -0.05) is 212 Å². The van der Waals surface area contributed by atoms with Crippen molar-refractivity contribution < 1.29 is 129 Å². The molecule has 0 bridgehead atoms. The molecular formula is C76H138N2O26. The molecule has 0 aromatic rings. The van der Waals surface area contributed by atoms with Crippen molar-refractivity contribution in [3.63, 3.8) is 0 Å². The van der Waals surface area contributed by atoms with Gasteiger partial charge >= 0.3 is 5.97 Å². The number of Topliss-reactive ketones (excluding diaryl/α,β-unsaturated/α-hetero) is 1. The SMILES string of the molecule is CCCCCCCCC=CCCCCCCCCCCCCCCCC(=O)NC(COC1OC(CO)C(OC2OC(CO)C(OC3OC(CO)C(O)C(O)C3CC(C)=O)C(OC3(C(=O)O)CC(O)C(NC(C)=O)C(C(O)C(O)CO)O3)C2O)C(O)C1O)C(O)CCCCCCCCCCCCCCC. The summed E-state index contributed by atoms with van der Waals surface area (Å²) in [7, 11) is 0. The van der Waals surface area contributed by atoms with E-state index in [9.17, 15) is 90.7 Å². The standard InChI is InChI=1S/C76H138N2O26/c1-5-7-9-11-13-15-17-19-20-21-22-23-24-25-26-27-28-30-32-34-36-38-40-42-60(88)78-53(54(85)41-39-37-35-33-31-29-18-16-14-12-10-8-6-2)49-97-73-66(93)65(92)68(58(47-81)99-73)101-74-67(94)71(69(59(48-82)100-74)102-72-52(43-50(3)83)62(89)64(91)57(46-80)98-72)104-76(75(95)96)44-55(86)61(77-51(4)84)70(103-76)63(90)56(87)45-79/h19-20,52-59,61-74,79-82,85-87,89-94H,5-18,21-49H2,1-4H3,(H,77,84)(H,78,88)(H,95,96). The van der Waals surface area contributed by atoms with Crippen molar-refractivity contribution in [3.05, 3.63) is 12.2 Å². The van der Waals surface area contributed by atoms with Gasteiger partial charge in [-0.15, -0.1) is 0 Å². The van der Waals surface area contributed by atoms with Crippen LogP contribution in [0.25, 0.3) is 0 Å². The second-order valence-corrected chi connectivity index (χ2v) is 29.6. The molecule has 23 unspecified atom stereocenters. The summed E-state index contributed by atoms with van der Waals surface area (Å²) in [5.41, 5.74) is 0. The van der Waals surface area contributed by atoms with Gasteiger partial charge in [0, 0.05) is 32.1 Å². The van der Waals surface area contributed by atoms with Gasteiger partial charge in [-0.25, -0.2) is 4.79 Å². The summed E-state index contributed by atoms with van der Waals surface area (Å²) in [6.45, 7) is 2.02. The Kier molecular flexibility index (Phi) is 47.6. The van der Waals surface area contributed by atoms with Crippen molar-refractivity contribution >= 4 is 23.6 Å². The Hall–Kier alpha value is -3.02. The summed E-state index contributed by atoms with van der Waals surface area (Å²) < 4.78 is 48.3. The van der Waals surface area contributed by atoms with Crippen molar-refractivity contribution in [2.45, 2.75) is 406 Å². The van der Waals surface area contributed by atoms with E-state index in [0.29, 0.717) is 19.3 Å². The van der Waals surface area contributed by atoms with Crippen molar-refractivity contribution in [1.82, 2.24) is 10.6 Å². The van der Waals surface area contributed by atoms with Crippen LogP contribution >= 0.6 is 0 Å². The maximum absolute atomic E-state index is 13.6. The predicted molar refractivity (Wildman–Crippen MR) is 384 cm³/mol. The Bertz CT molecular complexity index is 2310. The molecule has 28 heteroatoms. The maximum atomic E-state index is 13.6. The summed E-state index contributed by atoms with van der Waals surface area (Å²) in [5, 5.41) is 161. The van der Waals surface area contributed by atoms with Gasteiger partial charge in [0.1, 0.15) is 85.1 Å². The molecule has 0 radical (unpaired) electrons. The quantitative estimate of drug-likeness (QED) is 0.0270. The summed E-state index contributed by atoms with van der Waals surface area (Å²) in [5.74, 6) is -8.50. The Balaban J connectivity index is 1.45. The molecule has 23 atom stereocenters. The van der Waals surface area contributed by atoms with E-state index in [1.54, 1.807) is 0 Å². The van der Waals surface area contributed by atoms with Crippen molar-refractivity contribution in [2.75, 3.05) is 33.0 Å². The second-order valence-electron chi connectivity index (χ2n) is 29.6. The lowest BCUT2D eigenvalue weighted by Crippen LogP contribution is -2.71. The first-order valence-electron chi connectivity index (χ1n) is 39.8. The van der Waals surface area contributed by atoms with E-state index in [1.165, 1.54) is 154 Å². The van der Waals surface area contributed by atoms with Crippen molar-refractivity contribution in [1.29, 1.82) is 0 Å². The zero-order chi connectivity index (χ0) is 76.4. The fraction of sp³-hybridized carbons (Fsp3) is 0.921. The number of rotatable bonds is 58. The summed E-state index contributed by atoms with van der Waals surface area (Å²) in [6, 6.07) is -2.70. The van der Waals surface area contributed by atoms with Crippen LogP contribution in [-0.2, 0) is 57.1 Å². The van der Waals surface area contributed by atoms with E-state index in [1.807, 2.05) is 0 Å². The minimum Gasteiger partial charge on any atom is -0.477 e. The normalized spacial score (nSPS) is 30.8. The molecule has 4 saturated heterocycles. The van der Waals surface area contributed by atoms with Gasteiger partial charge in [0.15, 0.2) is 18.9 Å². The highest BCUT2D eigenvalue weighted by Crippen LogP contribution is 2.41. The number of aliphatic hydroxyl groups excluding tert-OH is 13. The molecule has 4 aliphatic rings. The molecule has 28 nitrogen and oxygen atoms in total. The Morgan fingerprint density at radius 2 is 0.981 bits per heavy atom. The van der Waals surface area contributed by atoms with Crippen LogP contribution in [0.1, 0.15) is 272 Å². The average molecular weight is 1500 g/mol. The third-order valence-electron chi connectivity index (χ3n) is 20.8. The average Bonchev–Trinajstić information content (AvgIpc) is 0.749. The lowest BCUT2D eigenvalue weighted by atomic mass is 9.87. The van der Waals surface area contributed by atoms with Gasteiger partial charge in [-0.2, -0.15) is 0 Å². The molecule has 4 fully saturated rings. The predicted octanol–water partition coefficient (Wildman–Crippen LogP) is 5.34. The number of aliphatic carboxylic acids is 1. The number of hydrogen-bond acceptors (Lipinski definition) is 25. The zero-order valence-corrected chi connectivity index (χ0v) is 62.9. The third kappa shape index (κ3) is 32.5. The molecule has 0 aromatic carbocycles. The lowest BCUT2D eigenvalue weighted by molar-refractivity contribution is -0.403. The second kappa shape index (κ2) is 53.0. The van der Waals surface area contributed by atoms with Gasteiger partial charge in [-0.05, 0) is 45.4 Å². The lowest BCUT2D eigenvalue weighted by Gasteiger charge is -2.52. The molecule has 0 aliphatic carbocycles. The fourth-order valence-electron chi connectivity index (χ4n) is 14.5. The van der Waals surface area contributed by atoms with Crippen LogP contribution in [0.2, 0.25) is 0 Å². The molecule has 608 valence electrons. The van der Waals surface area contributed by atoms with Gasteiger partial charge < -0.3 is 125 Å². The van der Waals surface area contributed by atoms with Crippen LogP contribution in [0.5, 0.6) is 0 Å². The molecule has 2 amide bonds. The molecule has 4 aliphatic heterocycles. The first-order chi connectivity index (χ1) is 50.0. The van der Waals surface area contributed by atoms with Gasteiger partial charge in [0.25, 0.3) is 5.79 Å². The van der Waals surface area contributed by atoms with Crippen LogP contribution < -0.4 is 10.6 Å². The fourth-order valence-corrected chi connectivity index (χ4v) is 14.5. The molecule has 104 heavy (non-hydrogen) atoms. The highest BCUT2D eigenvalue weighted by atomic mass is 16.8. The number of allylic oxidation sites excluding steroid dienone is 2. The van der Waals surface area contributed by atoms with Crippen LogP contribution in [0.4, 0.5) is 0 Å². The van der Waals surface area contributed by atoms with E-state index >= 15 is 0 Å². The largest absolute Gasteiger partial charge is 0.477 e. The number of unbranched alkanes of at least 4 members (excludes halogenated alkanes) is 31. The van der Waals surface area contributed by atoms with E-state index in [-0.39, 0.29) is 12.3 Å². The van der Waals surface area contributed by atoms with E-state index < -0.39 is 204 Å². The number of ketones is 1. The molecule has 4 heterocycles. The number of ether oxygens (including phenoxy) is 8. The molecule has 4 rings (SSSR count). The number of carbonyl (C=O) groups is 4. The zero-order valence-electron chi connectivity index (χ0n) is 62.9. The molecule has 0 aromatic heterocycles. The molecule has 0 spiro atoms. The summed E-state index contributed by atoms with van der Waals surface area (Å²) >= 11 is 0. The van der Waals surface area contributed by atoms with E-state index in [4.69, 9.17) is 37.9 Å². The minimum absolute atomic E-state index is 0.186. The molecule has 16 N–H and O–H groups in total. The van der Waals surface area contributed by atoms with Crippen LogP contribution in [0.15, 0.2) is 12.2 Å². The van der Waals surface area contributed by atoms with Crippen LogP contribution in [-0.4, -0.2) is 262 Å². The van der Waals surface area contributed by atoms with Gasteiger partial charge in [-0.3, -0.25) is 9.59 Å². The number of aliphatic hydroxyl groups is 13. The van der Waals surface area contributed by atoms with Crippen LogP contribution in [0.3, 0.4) is 0 Å². The van der Waals surface area contributed by atoms with E-state index in [0.717, 1.165) is 65.2 Å². The van der Waals surface area contributed by atoms with E-state index in [2.05, 4.69) is 36.6 Å². The molecule has 0 saturated carbocycles. The Labute approximate surface area is 617 Å². The Morgan fingerprint density at radius 1 is 0.519 bits per heavy atom. The molecular weight excluding hydrogens is 1360 g/mol. The number of carbonyl (C=O) groups excluding carboxylic acids is 3. The van der Waals surface area contributed by atoms with Crippen molar-refractivity contribution in [3.8, 4) is 0 Å². The highest BCUT2D eigenvalue weighted by molar-refractivity contribution is 5.77. The number of nitrogens with one attached hydrogen (secondary N) is 2.